The Kier molecular flexibility index (Phi) is 12.4. The maximum Gasteiger partial charge on any atom is 0.131 e. The van der Waals surface area contributed by atoms with E-state index >= 15 is 0 Å². The van der Waals surface area contributed by atoms with Crippen molar-refractivity contribution in [2.24, 2.45) is 23.7 Å². The standard InChI is InChI=1S/C62H70O4/c1-39-31-53(61(63)55(33-39)59-47-23-9-5-17-41(47)35-42-18-6-10-24-48(42)59)51-27-13-15-29-57(51)65-37-45-21-3-4-22-46(45)38-66-58-30-16-14-28-52(58)54-32-40(2)34-56(62(54)64)60-49-25-11-7-19-43(49)36-44-20-8-12-26-50(44)60/h13-16,27-36,41,45-47,63-64H,3-12,17-26,37-38H2,1-2H3/t41?,45?,46-,47?/m0/s1. The fourth-order valence-corrected chi connectivity index (χ4v) is 13.6. The van der Waals surface area contributed by atoms with Gasteiger partial charge in [0.05, 0.1) is 13.2 Å². The molecule has 6 aliphatic carbocycles. The van der Waals surface area contributed by atoms with E-state index in [1.165, 1.54) is 128 Å². The molecule has 0 radical (unpaired) electrons. The van der Waals surface area contributed by atoms with Gasteiger partial charge in [-0.1, -0.05) is 74.2 Å². The van der Waals surface area contributed by atoms with E-state index < -0.39 is 0 Å². The van der Waals surface area contributed by atoms with Crippen LogP contribution in [0, 0.1) is 37.5 Å². The molecule has 3 unspecified atom stereocenters. The van der Waals surface area contributed by atoms with E-state index in [-0.39, 0.29) is 0 Å². The van der Waals surface area contributed by atoms with Gasteiger partial charge in [0.1, 0.15) is 23.0 Å². The fourth-order valence-electron chi connectivity index (χ4n) is 13.6. The highest BCUT2D eigenvalue weighted by molar-refractivity contribution is 5.89. The number of aromatic hydroxyl groups is 2. The molecule has 6 aliphatic rings. The van der Waals surface area contributed by atoms with E-state index in [0.29, 0.717) is 48.4 Å². The average Bonchev–Trinajstić information content (AvgIpc) is 3.35. The van der Waals surface area contributed by atoms with Gasteiger partial charge in [-0.3, -0.25) is 0 Å². The fraction of sp³-hybridized carbons (Fsp3) is 0.452. The summed E-state index contributed by atoms with van der Waals surface area (Å²) < 4.78 is 13.8. The normalized spacial score (nSPS) is 22.7. The molecular weight excluding hydrogens is 809 g/mol. The molecule has 2 N–H and O–H groups in total. The van der Waals surface area contributed by atoms with Crippen LogP contribution in [0.2, 0.25) is 0 Å². The third-order valence-corrected chi connectivity index (χ3v) is 16.8. The van der Waals surface area contributed by atoms with Crippen LogP contribution in [0.4, 0.5) is 0 Å². The number of rotatable bonds is 10. The highest BCUT2D eigenvalue weighted by Crippen LogP contribution is 2.54. The Bertz CT molecular complexity index is 2660. The SMILES string of the molecule is Cc1cc(C2=C3CCCCC3=CC3CCCCC23)c(O)c(-c2ccccc2OCC2CCCC[C@H]2COc2ccccc2-c2cc(C)cc(-c3c4c(cc5c3CCCC5)CCCC4)c2O)c1. The first kappa shape index (κ1) is 43.4. The summed E-state index contributed by atoms with van der Waals surface area (Å²) in [7, 11) is 0. The van der Waals surface area contributed by atoms with E-state index in [2.05, 4.69) is 98.8 Å². The van der Waals surface area contributed by atoms with Crippen LogP contribution in [-0.4, -0.2) is 23.4 Å². The Balaban J connectivity index is 0.850. The van der Waals surface area contributed by atoms with Gasteiger partial charge in [0.2, 0.25) is 0 Å². The minimum absolute atomic E-state index is 0.336. The van der Waals surface area contributed by atoms with Crippen LogP contribution in [0.1, 0.15) is 142 Å². The number of aryl methyl sites for hydroxylation is 4. The monoisotopic (exact) mass is 879 g/mol. The Morgan fingerprint density at radius 3 is 1.62 bits per heavy atom. The largest absolute Gasteiger partial charge is 0.507 e. The van der Waals surface area contributed by atoms with Crippen LogP contribution in [-0.2, 0) is 25.7 Å². The predicted molar refractivity (Wildman–Crippen MR) is 271 cm³/mol. The van der Waals surface area contributed by atoms with Crippen molar-refractivity contribution in [3.05, 3.63) is 135 Å². The molecule has 66 heavy (non-hydrogen) atoms. The molecule has 11 rings (SSSR count). The van der Waals surface area contributed by atoms with Crippen molar-refractivity contribution in [1.29, 1.82) is 0 Å². The second-order valence-corrected chi connectivity index (χ2v) is 21.1. The lowest BCUT2D eigenvalue weighted by molar-refractivity contribution is 0.105. The molecule has 4 atom stereocenters. The summed E-state index contributed by atoms with van der Waals surface area (Å²) in [5.74, 6) is 4.20. The van der Waals surface area contributed by atoms with Gasteiger partial charge in [0.15, 0.2) is 0 Å². The van der Waals surface area contributed by atoms with Crippen molar-refractivity contribution < 1.29 is 19.7 Å². The predicted octanol–water partition coefficient (Wildman–Crippen LogP) is 15.8. The molecule has 5 aromatic carbocycles. The molecule has 3 saturated carbocycles. The Morgan fingerprint density at radius 1 is 0.485 bits per heavy atom. The van der Waals surface area contributed by atoms with Crippen LogP contribution < -0.4 is 9.47 Å². The van der Waals surface area contributed by atoms with E-state index in [0.717, 1.165) is 95.4 Å². The number of ether oxygens (including phenoxy) is 2. The number of phenolic OH excluding ortho intramolecular Hbond substituents is 2. The molecule has 0 heterocycles. The number of allylic oxidation sites excluding steroid dienone is 4. The molecule has 0 amide bonds. The molecule has 0 bridgehead atoms. The maximum atomic E-state index is 12.4. The lowest BCUT2D eigenvalue weighted by Gasteiger charge is -2.40. The first-order valence-electron chi connectivity index (χ1n) is 26.1. The van der Waals surface area contributed by atoms with Gasteiger partial charge in [-0.15, -0.1) is 0 Å². The third kappa shape index (κ3) is 8.30. The van der Waals surface area contributed by atoms with Crippen LogP contribution in [0.3, 0.4) is 0 Å². The second kappa shape index (κ2) is 18.8. The minimum atomic E-state index is 0.336. The first-order valence-corrected chi connectivity index (χ1v) is 26.1. The summed E-state index contributed by atoms with van der Waals surface area (Å²) in [5, 5.41) is 24.8. The summed E-state index contributed by atoms with van der Waals surface area (Å²) in [5.41, 5.74) is 19.8. The molecule has 4 heteroatoms. The minimum Gasteiger partial charge on any atom is -0.507 e. The molecule has 0 aliphatic heterocycles. The van der Waals surface area contributed by atoms with Crippen molar-refractivity contribution in [3.63, 3.8) is 0 Å². The second-order valence-electron chi connectivity index (χ2n) is 21.1. The Labute approximate surface area is 394 Å². The first-order chi connectivity index (χ1) is 32.4. The highest BCUT2D eigenvalue weighted by atomic mass is 16.5. The van der Waals surface area contributed by atoms with Gasteiger partial charge in [-0.2, -0.15) is 0 Å². The number of benzene rings is 5. The van der Waals surface area contributed by atoms with Gasteiger partial charge in [-0.25, -0.2) is 0 Å². The van der Waals surface area contributed by atoms with Crippen molar-refractivity contribution in [2.75, 3.05) is 13.2 Å². The molecule has 3 fully saturated rings. The average molecular weight is 879 g/mol. The van der Waals surface area contributed by atoms with Crippen LogP contribution in [0.25, 0.3) is 39.0 Å². The van der Waals surface area contributed by atoms with Gasteiger partial charge in [0, 0.05) is 33.4 Å². The number of phenols is 2. The number of hydrogen-bond acceptors (Lipinski definition) is 4. The number of fused-ring (bicyclic) bond motifs is 4. The topological polar surface area (TPSA) is 58.9 Å². The van der Waals surface area contributed by atoms with Gasteiger partial charge in [0.25, 0.3) is 0 Å². The summed E-state index contributed by atoms with van der Waals surface area (Å²) >= 11 is 0. The van der Waals surface area contributed by atoms with Crippen molar-refractivity contribution in [1.82, 2.24) is 0 Å². The van der Waals surface area contributed by atoms with E-state index in [9.17, 15) is 10.2 Å². The molecule has 0 saturated heterocycles. The van der Waals surface area contributed by atoms with Gasteiger partial charge < -0.3 is 19.7 Å². The van der Waals surface area contributed by atoms with Crippen molar-refractivity contribution in [3.8, 4) is 56.4 Å². The zero-order valence-electron chi connectivity index (χ0n) is 39.7. The third-order valence-electron chi connectivity index (χ3n) is 16.8. The zero-order valence-corrected chi connectivity index (χ0v) is 39.7. The smallest absolute Gasteiger partial charge is 0.131 e. The quantitative estimate of drug-likeness (QED) is 0.147. The number of para-hydroxylation sites is 2. The molecule has 0 spiro atoms. The lowest BCUT2D eigenvalue weighted by Crippen LogP contribution is -2.30. The Hall–Kier alpha value is -5.22. The van der Waals surface area contributed by atoms with Crippen LogP contribution in [0.5, 0.6) is 23.0 Å². The van der Waals surface area contributed by atoms with E-state index in [1.54, 1.807) is 5.57 Å². The summed E-state index contributed by atoms with van der Waals surface area (Å²) in [6.45, 7) is 5.56. The van der Waals surface area contributed by atoms with Gasteiger partial charge >= 0.3 is 0 Å². The van der Waals surface area contributed by atoms with Crippen LogP contribution >= 0.6 is 0 Å². The summed E-state index contributed by atoms with van der Waals surface area (Å²) in [6.07, 6.45) is 26.4. The lowest BCUT2D eigenvalue weighted by atomic mass is 9.65. The summed E-state index contributed by atoms with van der Waals surface area (Å²) in [6, 6.07) is 28.0. The maximum absolute atomic E-state index is 12.4. The Morgan fingerprint density at radius 2 is 0.985 bits per heavy atom. The number of hydrogen-bond donors (Lipinski definition) is 2. The van der Waals surface area contributed by atoms with Crippen LogP contribution in [0.15, 0.2) is 96.1 Å². The van der Waals surface area contributed by atoms with Crippen molar-refractivity contribution >= 4 is 5.57 Å². The molecule has 0 aromatic heterocycles. The molecule has 5 aromatic rings. The molecule has 342 valence electrons. The van der Waals surface area contributed by atoms with Gasteiger partial charge in [-0.05, 0) is 232 Å². The van der Waals surface area contributed by atoms with E-state index in [1.807, 2.05) is 0 Å². The van der Waals surface area contributed by atoms with E-state index in [4.69, 9.17) is 9.47 Å². The van der Waals surface area contributed by atoms with Crippen molar-refractivity contribution in [2.45, 2.75) is 142 Å². The zero-order chi connectivity index (χ0) is 44.7. The molecule has 4 nitrogen and oxygen atoms in total. The summed E-state index contributed by atoms with van der Waals surface area (Å²) in [4.78, 5) is 0. The highest BCUT2D eigenvalue weighted by Gasteiger charge is 2.37. The molecular formula is C62H70O4.